The first-order chi connectivity index (χ1) is 13.2. The topological polar surface area (TPSA) is 74.2 Å². The zero-order valence-corrected chi connectivity index (χ0v) is 15.7. The van der Waals surface area contributed by atoms with Crippen LogP contribution in [0, 0.1) is 11.3 Å². The van der Waals surface area contributed by atoms with Crippen molar-refractivity contribution in [2.75, 3.05) is 0 Å². The van der Waals surface area contributed by atoms with E-state index in [0.29, 0.717) is 17.6 Å². The molecule has 134 valence electrons. The monoisotopic (exact) mass is 374 g/mol. The molecule has 4 aromatic rings. The normalized spacial score (nSPS) is 11.0. The molecule has 0 saturated carbocycles. The second kappa shape index (κ2) is 7.22. The van der Waals surface area contributed by atoms with E-state index in [1.807, 2.05) is 35.7 Å². The lowest BCUT2D eigenvalue weighted by atomic mass is 10.00. The first-order valence-electron chi connectivity index (χ1n) is 8.82. The van der Waals surface area contributed by atoms with Gasteiger partial charge in [0.25, 0.3) is 0 Å². The van der Waals surface area contributed by atoms with Crippen LogP contribution in [0.5, 0.6) is 5.88 Å². The van der Waals surface area contributed by atoms with E-state index in [1.54, 1.807) is 23.6 Å². The zero-order valence-electron chi connectivity index (χ0n) is 14.9. The van der Waals surface area contributed by atoms with E-state index in [0.717, 1.165) is 40.1 Å². The molecule has 0 bridgehead atoms. The lowest BCUT2D eigenvalue weighted by Crippen LogP contribution is -2.05. The van der Waals surface area contributed by atoms with Crippen LogP contribution >= 0.6 is 11.3 Å². The summed E-state index contributed by atoms with van der Waals surface area (Å²) in [6, 6.07) is 14.0. The van der Waals surface area contributed by atoms with E-state index in [4.69, 9.17) is 0 Å². The Morgan fingerprint density at radius 3 is 2.74 bits per heavy atom. The van der Waals surface area contributed by atoms with E-state index in [2.05, 4.69) is 23.1 Å². The number of fused-ring (bicyclic) bond motifs is 1. The Kier molecular flexibility index (Phi) is 4.61. The van der Waals surface area contributed by atoms with Crippen molar-refractivity contribution in [2.24, 2.45) is 0 Å². The second-order valence-electron chi connectivity index (χ2n) is 6.36. The lowest BCUT2D eigenvalue weighted by molar-refractivity contribution is 0.427. The average molecular weight is 374 g/mol. The van der Waals surface area contributed by atoms with Crippen LogP contribution in [0.15, 0.2) is 48.0 Å². The average Bonchev–Trinajstić information content (AvgIpc) is 3.34. The molecule has 1 aromatic carbocycles. The number of nitrogens with zero attached hydrogens (tertiary/aromatic N) is 4. The van der Waals surface area contributed by atoms with Crippen LogP contribution < -0.4 is 0 Å². The Hall–Kier alpha value is -3.17. The van der Waals surface area contributed by atoms with Crippen LogP contribution in [0.2, 0.25) is 0 Å². The minimum atomic E-state index is 0.155. The number of thiophene rings is 1. The Bertz CT molecular complexity index is 1140. The molecule has 0 radical (unpaired) electrons. The van der Waals surface area contributed by atoms with Crippen molar-refractivity contribution in [1.82, 2.24) is 14.6 Å². The number of aromatic hydroxyl groups is 1. The summed E-state index contributed by atoms with van der Waals surface area (Å²) < 4.78 is 1.48. The van der Waals surface area contributed by atoms with Gasteiger partial charge in [-0.15, -0.1) is 11.3 Å². The molecule has 1 N–H and O–H groups in total. The fraction of sp³-hybridized carbons (Fsp3) is 0.190. The highest BCUT2D eigenvalue weighted by Crippen LogP contribution is 2.30. The summed E-state index contributed by atoms with van der Waals surface area (Å²) in [7, 11) is 0. The summed E-state index contributed by atoms with van der Waals surface area (Å²) in [4.78, 5) is 5.65. The van der Waals surface area contributed by atoms with Gasteiger partial charge >= 0.3 is 0 Å². The number of rotatable bonds is 5. The summed E-state index contributed by atoms with van der Waals surface area (Å²) in [5.41, 5.74) is 5.20. The SMILES string of the molecule is CCCc1nc2ccnn2c(O)c1Cc1ccc(-c2sccc2C#N)cc1. The lowest BCUT2D eigenvalue weighted by Gasteiger charge is -2.12. The van der Waals surface area contributed by atoms with Gasteiger partial charge in [0.1, 0.15) is 6.07 Å². The molecule has 4 rings (SSSR count). The minimum Gasteiger partial charge on any atom is -0.493 e. The van der Waals surface area contributed by atoms with Crippen molar-refractivity contribution in [3.05, 3.63) is 70.4 Å². The molecule has 0 atom stereocenters. The quantitative estimate of drug-likeness (QED) is 0.555. The van der Waals surface area contributed by atoms with Crippen molar-refractivity contribution in [3.8, 4) is 22.4 Å². The van der Waals surface area contributed by atoms with Gasteiger partial charge < -0.3 is 5.11 Å². The predicted molar refractivity (Wildman–Crippen MR) is 106 cm³/mol. The largest absolute Gasteiger partial charge is 0.493 e. The molecular formula is C21H18N4OS. The third kappa shape index (κ3) is 3.18. The van der Waals surface area contributed by atoms with Crippen molar-refractivity contribution in [2.45, 2.75) is 26.2 Å². The molecule has 3 heterocycles. The Labute approximate surface area is 161 Å². The molecule has 5 nitrogen and oxygen atoms in total. The van der Waals surface area contributed by atoms with Crippen LogP contribution in [0.25, 0.3) is 16.1 Å². The third-order valence-electron chi connectivity index (χ3n) is 4.56. The summed E-state index contributed by atoms with van der Waals surface area (Å²) in [6.07, 6.45) is 3.99. The second-order valence-corrected chi connectivity index (χ2v) is 7.28. The van der Waals surface area contributed by atoms with Gasteiger partial charge in [0.2, 0.25) is 5.88 Å². The highest BCUT2D eigenvalue weighted by atomic mass is 32.1. The maximum atomic E-state index is 10.7. The molecule has 6 heteroatoms. The molecule has 0 amide bonds. The molecule has 0 unspecified atom stereocenters. The molecule has 0 saturated heterocycles. The standard InChI is InChI=1S/C21H18N4OS/c1-2-3-18-17(21(26)25-19(24-18)8-10-23-25)12-14-4-6-15(7-5-14)20-16(13-22)9-11-27-20/h4-11,26H,2-3,12H2,1H3. The van der Waals surface area contributed by atoms with Crippen molar-refractivity contribution >= 4 is 17.0 Å². The van der Waals surface area contributed by atoms with Crippen LogP contribution in [-0.2, 0) is 12.8 Å². The minimum absolute atomic E-state index is 0.155. The van der Waals surface area contributed by atoms with Gasteiger partial charge in [-0.1, -0.05) is 37.6 Å². The van der Waals surface area contributed by atoms with Crippen LogP contribution in [-0.4, -0.2) is 19.7 Å². The van der Waals surface area contributed by atoms with Crippen molar-refractivity contribution < 1.29 is 5.11 Å². The van der Waals surface area contributed by atoms with E-state index in [9.17, 15) is 10.4 Å². The smallest absolute Gasteiger partial charge is 0.219 e. The van der Waals surface area contributed by atoms with Gasteiger partial charge in [0, 0.05) is 18.1 Å². The molecule has 0 fully saturated rings. The maximum absolute atomic E-state index is 10.7. The maximum Gasteiger partial charge on any atom is 0.219 e. The van der Waals surface area contributed by atoms with E-state index < -0.39 is 0 Å². The first-order valence-corrected chi connectivity index (χ1v) is 9.70. The molecule has 0 aliphatic rings. The third-order valence-corrected chi connectivity index (χ3v) is 5.52. The van der Waals surface area contributed by atoms with Crippen LogP contribution in [0.4, 0.5) is 0 Å². The molecule has 0 aliphatic heterocycles. The molecule has 3 aromatic heterocycles. The number of aryl methyl sites for hydroxylation is 1. The van der Waals surface area contributed by atoms with E-state index >= 15 is 0 Å². The fourth-order valence-corrected chi connectivity index (χ4v) is 4.08. The summed E-state index contributed by atoms with van der Waals surface area (Å²) in [5, 5.41) is 26.0. The number of hydrogen-bond donors (Lipinski definition) is 1. The molecule has 0 spiro atoms. The highest BCUT2D eigenvalue weighted by molar-refractivity contribution is 7.13. The highest BCUT2D eigenvalue weighted by Gasteiger charge is 2.15. The first kappa shape index (κ1) is 17.3. The van der Waals surface area contributed by atoms with Gasteiger partial charge in [0.05, 0.1) is 22.3 Å². The van der Waals surface area contributed by atoms with Crippen LogP contribution in [0.1, 0.15) is 35.7 Å². The van der Waals surface area contributed by atoms with Gasteiger partial charge in [-0.25, -0.2) is 4.98 Å². The molecule has 0 aliphatic carbocycles. The summed E-state index contributed by atoms with van der Waals surface area (Å²) in [6.45, 7) is 2.10. The zero-order chi connectivity index (χ0) is 18.8. The fourth-order valence-electron chi connectivity index (χ4n) is 3.23. The Morgan fingerprint density at radius 1 is 1.19 bits per heavy atom. The molecular weight excluding hydrogens is 356 g/mol. The summed E-state index contributed by atoms with van der Waals surface area (Å²) >= 11 is 1.57. The van der Waals surface area contributed by atoms with Gasteiger partial charge in [0.15, 0.2) is 5.65 Å². The Balaban J connectivity index is 1.69. The van der Waals surface area contributed by atoms with Gasteiger partial charge in [-0.2, -0.15) is 14.9 Å². The summed E-state index contributed by atoms with van der Waals surface area (Å²) in [5.74, 6) is 0.155. The van der Waals surface area contributed by atoms with Crippen LogP contribution in [0.3, 0.4) is 0 Å². The number of hydrogen-bond acceptors (Lipinski definition) is 5. The van der Waals surface area contributed by atoms with Crippen molar-refractivity contribution in [3.63, 3.8) is 0 Å². The van der Waals surface area contributed by atoms with E-state index in [1.165, 1.54) is 4.52 Å². The number of nitriles is 1. The van der Waals surface area contributed by atoms with E-state index in [-0.39, 0.29) is 5.88 Å². The predicted octanol–water partition coefficient (Wildman–Crippen LogP) is 4.58. The number of benzene rings is 1. The Morgan fingerprint density at radius 2 is 2.00 bits per heavy atom. The number of aromatic nitrogens is 3. The van der Waals surface area contributed by atoms with Gasteiger partial charge in [-0.3, -0.25) is 0 Å². The molecule has 27 heavy (non-hydrogen) atoms. The van der Waals surface area contributed by atoms with Crippen molar-refractivity contribution in [1.29, 1.82) is 5.26 Å². The van der Waals surface area contributed by atoms with Gasteiger partial charge in [-0.05, 0) is 29.0 Å².